The number of hydrogen-bond donors (Lipinski definition) is 0. The van der Waals surface area contributed by atoms with Gasteiger partial charge in [-0.25, -0.2) is 0 Å². The van der Waals surface area contributed by atoms with E-state index >= 15 is 0 Å². The highest BCUT2D eigenvalue weighted by Crippen LogP contribution is 2.76. The molecule has 0 saturated heterocycles. The van der Waals surface area contributed by atoms with E-state index in [0.29, 0.717) is 53.1 Å². The van der Waals surface area contributed by atoms with Crippen LogP contribution in [0.1, 0.15) is 168 Å². The molecule has 56 heavy (non-hydrogen) atoms. The molecule has 0 aliphatic heterocycles. The van der Waals surface area contributed by atoms with Crippen LogP contribution in [0.4, 0.5) is 0 Å². The van der Waals surface area contributed by atoms with Gasteiger partial charge < -0.3 is 4.74 Å². The Morgan fingerprint density at radius 1 is 0.714 bits per heavy atom. The van der Waals surface area contributed by atoms with Crippen molar-refractivity contribution in [2.45, 2.75) is 168 Å². The van der Waals surface area contributed by atoms with Gasteiger partial charge in [-0.3, -0.25) is 4.79 Å². The zero-order valence-corrected chi connectivity index (χ0v) is 36.1. The van der Waals surface area contributed by atoms with Gasteiger partial charge in [-0.1, -0.05) is 115 Å². The molecule has 2 heteroatoms. The highest BCUT2D eigenvalue weighted by molar-refractivity contribution is 5.72. The molecule has 0 amide bonds. The van der Waals surface area contributed by atoms with E-state index in [1.165, 1.54) is 128 Å². The molecule has 8 rings (SSSR count). The molecule has 1 aromatic rings. The molecule has 0 heterocycles. The van der Waals surface area contributed by atoms with Crippen molar-refractivity contribution in [2.24, 2.45) is 87.3 Å². The number of carbonyl (C=O) groups excluding carboxylic acids is 1. The van der Waals surface area contributed by atoms with Crippen LogP contribution >= 0.6 is 0 Å². The van der Waals surface area contributed by atoms with Gasteiger partial charge in [0.1, 0.15) is 5.75 Å². The Kier molecular flexibility index (Phi) is 12.5. The number of carbonyl (C=O) groups is 1. The summed E-state index contributed by atoms with van der Waals surface area (Å²) in [5.41, 5.74) is 0.734. The van der Waals surface area contributed by atoms with E-state index in [1.54, 1.807) is 0 Å². The molecule has 6 saturated carbocycles. The highest BCUT2D eigenvalue weighted by Gasteiger charge is 2.69. The Morgan fingerprint density at radius 3 is 1.86 bits per heavy atom. The van der Waals surface area contributed by atoms with Crippen LogP contribution in [0.3, 0.4) is 0 Å². The number of hydrogen-bond acceptors (Lipinski definition) is 2. The molecule has 7 aliphatic rings. The molecule has 0 radical (unpaired) electrons. The number of benzene rings is 1. The first-order chi connectivity index (χ1) is 27.4. The minimum atomic E-state index is -0.0216. The first-order valence-corrected chi connectivity index (χ1v) is 24.5. The lowest BCUT2D eigenvalue weighted by molar-refractivity contribution is -0.136. The standard InChI is InChI=1S/C54H80O2/c1-6-21-40-38(5)46(22-7-2)54(45(40)9-4,36-52(34-8-3)47-29-17-13-25-41(47)42-26-14-18-30-48(42)52)37-53(35-33-51(55)56-39-23-11-10-12-24-39)49-31-19-15-27-43(49)44-28-16-20-32-50(44)53/h7,9-12,15,19,23-24,38,40-50H,2,4,6,8,13-14,16-18,20-22,25-37H2,1,3,5H3/t38?,40-,41?,42?,43?,44?,45?,46?,47?,48?,49?,50?,52?,53?,54?/m0/s1. The molecule has 6 fully saturated rings. The third-order valence-corrected chi connectivity index (χ3v) is 19.3. The zero-order chi connectivity index (χ0) is 38.9. The second-order valence-corrected chi connectivity index (χ2v) is 21.2. The monoisotopic (exact) mass is 761 g/mol. The number of esters is 1. The van der Waals surface area contributed by atoms with E-state index < -0.39 is 0 Å². The predicted octanol–water partition coefficient (Wildman–Crippen LogP) is 15.0. The molecule has 0 aromatic heterocycles. The molecule has 2 nitrogen and oxygen atoms in total. The molecule has 0 spiro atoms. The topological polar surface area (TPSA) is 26.3 Å². The minimum Gasteiger partial charge on any atom is -0.427 e. The van der Waals surface area contributed by atoms with Gasteiger partial charge in [-0.2, -0.15) is 0 Å². The van der Waals surface area contributed by atoms with Gasteiger partial charge in [0.05, 0.1) is 0 Å². The smallest absolute Gasteiger partial charge is 0.311 e. The second-order valence-electron chi connectivity index (χ2n) is 21.2. The van der Waals surface area contributed by atoms with Crippen molar-refractivity contribution in [1.29, 1.82) is 0 Å². The van der Waals surface area contributed by atoms with Crippen molar-refractivity contribution in [1.82, 2.24) is 0 Å². The maximum Gasteiger partial charge on any atom is 0.311 e. The summed E-state index contributed by atoms with van der Waals surface area (Å²) in [5.74, 6) is 9.77. The van der Waals surface area contributed by atoms with Crippen LogP contribution in [0.5, 0.6) is 5.75 Å². The summed E-state index contributed by atoms with van der Waals surface area (Å²) in [6, 6.07) is 9.89. The van der Waals surface area contributed by atoms with Crippen molar-refractivity contribution in [3.05, 3.63) is 67.8 Å². The van der Waals surface area contributed by atoms with Crippen LogP contribution in [0.2, 0.25) is 0 Å². The maximum atomic E-state index is 14.1. The first-order valence-electron chi connectivity index (χ1n) is 24.5. The van der Waals surface area contributed by atoms with Gasteiger partial charge in [0.25, 0.3) is 0 Å². The van der Waals surface area contributed by atoms with Gasteiger partial charge in [-0.15, -0.1) is 13.2 Å². The lowest BCUT2D eigenvalue weighted by Crippen LogP contribution is -2.50. The Bertz CT molecular complexity index is 1500. The maximum absolute atomic E-state index is 14.1. The van der Waals surface area contributed by atoms with Crippen LogP contribution in [-0.4, -0.2) is 5.97 Å². The fourth-order valence-corrected chi connectivity index (χ4v) is 18.0. The van der Waals surface area contributed by atoms with Crippen molar-refractivity contribution < 1.29 is 9.53 Å². The van der Waals surface area contributed by atoms with E-state index in [-0.39, 0.29) is 16.8 Å². The van der Waals surface area contributed by atoms with Crippen molar-refractivity contribution in [3.8, 4) is 5.75 Å². The van der Waals surface area contributed by atoms with Crippen LogP contribution in [0.25, 0.3) is 0 Å². The molecule has 13 unspecified atom stereocenters. The fourth-order valence-electron chi connectivity index (χ4n) is 18.0. The quantitative estimate of drug-likeness (QED) is 0.101. The van der Waals surface area contributed by atoms with Gasteiger partial charge in [-0.05, 0) is 189 Å². The Balaban J connectivity index is 1.30. The van der Waals surface area contributed by atoms with Crippen LogP contribution in [-0.2, 0) is 4.79 Å². The van der Waals surface area contributed by atoms with Crippen molar-refractivity contribution in [3.63, 3.8) is 0 Å². The van der Waals surface area contributed by atoms with Gasteiger partial charge in [0, 0.05) is 6.42 Å². The normalized spacial score (nSPS) is 44.0. The third-order valence-electron chi connectivity index (χ3n) is 19.3. The van der Waals surface area contributed by atoms with Crippen LogP contribution in [0.15, 0.2) is 67.8 Å². The van der Waals surface area contributed by atoms with Crippen LogP contribution in [0, 0.1) is 87.3 Å². The van der Waals surface area contributed by atoms with Crippen molar-refractivity contribution in [2.75, 3.05) is 0 Å². The molecule has 7 aliphatic carbocycles. The molecule has 0 bridgehead atoms. The lowest BCUT2D eigenvalue weighted by Gasteiger charge is -2.57. The highest BCUT2D eigenvalue weighted by atomic mass is 16.5. The number of fused-ring (bicyclic) bond motifs is 6. The summed E-state index contributed by atoms with van der Waals surface area (Å²) in [6.07, 6.45) is 40.4. The van der Waals surface area contributed by atoms with Gasteiger partial charge in [0.2, 0.25) is 0 Å². The van der Waals surface area contributed by atoms with E-state index in [2.05, 4.69) is 51.7 Å². The molecule has 14 atom stereocenters. The molecule has 1 aromatic carbocycles. The summed E-state index contributed by atoms with van der Waals surface area (Å²) in [6.45, 7) is 17.1. The van der Waals surface area contributed by atoms with E-state index in [4.69, 9.17) is 11.3 Å². The summed E-state index contributed by atoms with van der Waals surface area (Å²) < 4.78 is 6.15. The lowest BCUT2D eigenvalue weighted by atomic mass is 9.47. The largest absolute Gasteiger partial charge is 0.427 e. The van der Waals surface area contributed by atoms with E-state index in [9.17, 15) is 4.79 Å². The summed E-state index contributed by atoms with van der Waals surface area (Å²) in [7, 11) is 0. The summed E-state index contributed by atoms with van der Waals surface area (Å²) in [5, 5.41) is 0. The molecular weight excluding hydrogens is 681 g/mol. The van der Waals surface area contributed by atoms with Crippen LogP contribution < -0.4 is 4.74 Å². The Labute approximate surface area is 343 Å². The second kappa shape index (κ2) is 17.3. The minimum absolute atomic E-state index is 0.0216. The first kappa shape index (κ1) is 40.7. The van der Waals surface area contributed by atoms with E-state index in [1.807, 2.05) is 30.3 Å². The van der Waals surface area contributed by atoms with Gasteiger partial charge >= 0.3 is 5.97 Å². The number of allylic oxidation sites excluding steroid dienone is 4. The van der Waals surface area contributed by atoms with Gasteiger partial charge in [0.15, 0.2) is 0 Å². The zero-order valence-electron chi connectivity index (χ0n) is 36.1. The van der Waals surface area contributed by atoms with E-state index in [0.717, 1.165) is 48.3 Å². The fraction of sp³-hybridized carbons (Fsp3) is 0.759. The number of ether oxygens (including phenoxy) is 1. The predicted molar refractivity (Wildman–Crippen MR) is 234 cm³/mol. The summed E-state index contributed by atoms with van der Waals surface area (Å²) >= 11 is 0. The number of para-hydroxylation sites is 1. The average molecular weight is 761 g/mol. The average Bonchev–Trinajstić information content (AvgIpc) is 3.74. The Hall–Kier alpha value is -2.09. The Morgan fingerprint density at radius 2 is 1.29 bits per heavy atom. The molecule has 0 N–H and O–H groups in total. The number of rotatable bonds is 15. The third kappa shape index (κ3) is 6.87. The van der Waals surface area contributed by atoms with Crippen molar-refractivity contribution >= 4 is 5.97 Å². The molecular formula is C54H80O2. The SMILES string of the molecule is C=CCC1C(C)[C@H](CCC)C(C=C)C1(CC1(CCC(=O)Oc2ccccc2)C2CC=CCC2C2CCCCC21)CC1(CCC)C2CCCCC2C2CCCCC21. The summed E-state index contributed by atoms with van der Waals surface area (Å²) in [4.78, 5) is 14.1. The molecule has 308 valence electrons.